The molecule has 0 bridgehead atoms. The Balaban J connectivity index is 2.15. The third-order valence-electron chi connectivity index (χ3n) is 4.13. The molecule has 1 aromatic carbocycles. The van der Waals surface area contributed by atoms with E-state index in [1.54, 1.807) is 18.2 Å². The summed E-state index contributed by atoms with van der Waals surface area (Å²) in [4.78, 5) is 12.8. The van der Waals surface area contributed by atoms with E-state index < -0.39 is 28.9 Å². The van der Waals surface area contributed by atoms with Crippen molar-refractivity contribution in [3.8, 4) is 11.9 Å². The summed E-state index contributed by atoms with van der Waals surface area (Å²) in [6.45, 7) is 1.15. The normalized spacial score (nSPS) is 11.7. The molecule has 0 aliphatic heterocycles. The number of alkyl halides is 3. The van der Waals surface area contributed by atoms with E-state index in [1.807, 2.05) is 0 Å². The van der Waals surface area contributed by atoms with Gasteiger partial charge in [0.25, 0.3) is 5.56 Å². The minimum absolute atomic E-state index is 0.000986. The highest BCUT2D eigenvalue weighted by atomic mass is 19.4. The molecule has 1 N–H and O–H groups in total. The molecule has 2 aromatic heterocycles. The molecule has 0 amide bonds. The molecule has 3 aromatic rings. The smallest absolute Gasteiger partial charge is 0.418 e. The predicted molar refractivity (Wildman–Crippen MR) is 95.2 cm³/mol. The Morgan fingerprint density at radius 2 is 1.93 bits per heavy atom. The number of halogens is 3. The molecule has 3 rings (SSSR count). The van der Waals surface area contributed by atoms with E-state index in [0.29, 0.717) is 5.76 Å². The van der Waals surface area contributed by atoms with Crippen molar-refractivity contribution >= 4 is 11.4 Å². The van der Waals surface area contributed by atoms with Gasteiger partial charge in [-0.3, -0.25) is 9.36 Å². The molecule has 0 fully saturated rings. The van der Waals surface area contributed by atoms with E-state index in [4.69, 9.17) is 4.42 Å². The standard InChI is InChI=1S/C19H13F3N4O3/c1-11-13(9-23)17(27)26(10-12-5-4-8-29-12)18(28)16(11)25-24-15-7-3-2-6-14(15)19(20,21)22/h2-8,27H,10H2,1H3. The minimum atomic E-state index is -4.66. The highest BCUT2D eigenvalue weighted by Gasteiger charge is 2.33. The van der Waals surface area contributed by atoms with Gasteiger partial charge in [-0.1, -0.05) is 12.1 Å². The Morgan fingerprint density at radius 1 is 1.21 bits per heavy atom. The SMILES string of the molecule is Cc1c(C#N)c(O)n(Cc2ccco2)c(=O)c1N=Nc1ccccc1C(F)(F)F. The van der Waals surface area contributed by atoms with Crippen molar-refractivity contribution < 1.29 is 22.7 Å². The number of pyridine rings is 1. The van der Waals surface area contributed by atoms with Gasteiger partial charge < -0.3 is 9.52 Å². The van der Waals surface area contributed by atoms with E-state index in [0.717, 1.165) is 16.7 Å². The lowest BCUT2D eigenvalue weighted by molar-refractivity contribution is -0.137. The first kappa shape index (κ1) is 19.9. The van der Waals surface area contributed by atoms with Gasteiger partial charge in [-0.2, -0.15) is 18.4 Å². The second kappa shape index (κ2) is 7.63. The van der Waals surface area contributed by atoms with Crippen LogP contribution in [0.5, 0.6) is 5.88 Å². The van der Waals surface area contributed by atoms with Gasteiger partial charge in [0.1, 0.15) is 17.4 Å². The maximum Gasteiger partial charge on any atom is 0.418 e. The number of nitriles is 1. The lowest BCUT2D eigenvalue weighted by Crippen LogP contribution is -2.22. The quantitative estimate of drug-likeness (QED) is 0.633. The van der Waals surface area contributed by atoms with Crippen LogP contribution in [0.4, 0.5) is 24.5 Å². The number of benzene rings is 1. The van der Waals surface area contributed by atoms with Crippen LogP contribution in [0.15, 0.2) is 62.1 Å². The van der Waals surface area contributed by atoms with Crippen LogP contribution in [0.1, 0.15) is 22.5 Å². The van der Waals surface area contributed by atoms with E-state index in [1.165, 1.54) is 25.3 Å². The zero-order chi connectivity index (χ0) is 21.2. The third-order valence-corrected chi connectivity index (χ3v) is 4.13. The summed E-state index contributed by atoms with van der Waals surface area (Å²) in [5.74, 6) is -0.276. The fourth-order valence-corrected chi connectivity index (χ4v) is 2.67. The highest BCUT2D eigenvalue weighted by Crippen LogP contribution is 2.37. The molecule has 29 heavy (non-hydrogen) atoms. The largest absolute Gasteiger partial charge is 0.493 e. The molecular weight excluding hydrogens is 389 g/mol. The van der Waals surface area contributed by atoms with Gasteiger partial charge in [0.2, 0.25) is 5.88 Å². The number of rotatable bonds is 4. The molecule has 0 saturated carbocycles. The summed E-state index contributed by atoms with van der Waals surface area (Å²) >= 11 is 0. The average molecular weight is 402 g/mol. The molecule has 0 radical (unpaired) electrons. The van der Waals surface area contributed by atoms with Crippen LogP contribution in [0.2, 0.25) is 0 Å². The summed E-state index contributed by atoms with van der Waals surface area (Å²) in [6, 6.07) is 9.40. The van der Waals surface area contributed by atoms with Crippen molar-refractivity contribution in [2.45, 2.75) is 19.6 Å². The van der Waals surface area contributed by atoms with Crippen LogP contribution in [0, 0.1) is 18.3 Å². The van der Waals surface area contributed by atoms with Crippen molar-refractivity contribution in [2.75, 3.05) is 0 Å². The minimum Gasteiger partial charge on any atom is -0.493 e. The molecule has 0 spiro atoms. The molecule has 148 valence electrons. The van der Waals surface area contributed by atoms with E-state index in [2.05, 4.69) is 10.2 Å². The average Bonchev–Trinajstić information content (AvgIpc) is 3.18. The molecule has 7 nitrogen and oxygen atoms in total. The van der Waals surface area contributed by atoms with Gasteiger partial charge in [0.15, 0.2) is 5.69 Å². The zero-order valence-electron chi connectivity index (χ0n) is 14.9. The molecule has 2 heterocycles. The first-order chi connectivity index (χ1) is 13.7. The molecule has 0 aliphatic rings. The number of aromatic nitrogens is 1. The van der Waals surface area contributed by atoms with Crippen molar-refractivity contribution in [1.29, 1.82) is 5.26 Å². The van der Waals surface area contributed by atoms with Gasteiger partial charge in [0, 0.05) is 5.56 Å². The van der Waals surface area contributed by atoms with Gasteiger partial charge in [-0.25, -0.2) is 0 Å². The Bertz CT molecular complexity index is 1170. The molecule has 0 saturated heterocycles. The first-order valence-corrected chi connectivity index (χ1v) is 8.21. The van der Waals surface area contributed by atoms with E-state index in [9.17, 15) is 28.3 Å². The van der Waals surface area contributed by atoms with Gasteiger partial charge in [-0.05, 0) is 31.2 Å². The summed E-state index contributed by atoms with van der Waals surface area (Å²) in [6.07, 6.45) is -3.29. The predicted octanol–water partition coefficient (Wildman–Crippen LogP) is 4.81. The molecular formula is C19H13F3N4O3. The number of nitrogens with zero attached hydrogens (tertiary/aromatic N) is 4. The van der Waals surface area contributed by atoms with Gasteiger partial charge in [-0.15, -0.1) is 10.2 Å². The van der Waals surface area contributed by atoms with Crippen molar-refractivity contribution in [3.63, 3.8) is 0 Å². The number of hydrogen-bond acceptors (Lipinski definition) is 6. The summed E-state index contributed by atoms with van der Waals surface area (Å²) in [5, 5.41) is 26.9. The maximum absolute atomic E-state index is 13.1. The Kier molecular flexibility index (Phi) is 5.23. The van der Waals surface area contributed by atoms with Crippen LogP contribution in [-0.4, -0.2) is 9.67 Å². The summed E-state index contributed by atoms with van der Waals surface area (Å²) in [5.41, 5.74) is -2.93. The highest BCUT2D eigenvalue weighted by molar-refractivity contribution is 5.57. The lowest BCUT2D eigenvalue weighted by atomic mass is 10.1. The Hall–Kier alpha value is -3.87. The van der Waals surface area contributed by atoms with Crippen LogP contribution >= 0.6 is 0 Å². The fraction of sp³-hybridized carbons (Fsp3) is 0.158. The summed E-state index contributed by atoms with van der Waals surface area (Å²) in [7, 11) is 0. The molecule has 0 unspecified atom stereocenters. The van der Waals surface area contributed by atoms with Crippen molar-refractivity contribution in [2.24, 2.45) is 10.2 Å². The van der Waals surface area contributed by atoms with Crippen molar-refractivity contribution in [1.82, 2.24) is 4.57 Å². The Morgan fingerprint density at radius 3 is 2.55 bits per heavy atom. The van der Waals surface area contributed by atoms with Crippen LogP contribution in [0.25, 0.3) is 0 Å². The Labute approximate surface area is 162 Å². The second-order valence-corrected chi connectivity index (χ2v) is 5.97. The fourth-order valence-electron chi connectivity index (χ4n) is 2.67. The van der Waals surface area contributed by atoms with E-state index >= 15 is 0 Å². The molecule has 10 heteroatoms. The molecule has 0 aliphatic carbocycles. The second-order valence-electron chi connectivity index (χ2n) is 5.97. The summed E-state index contributed by atoms with van der Waals surface area (Å²) < 4.78 is 45.4. The van der Waals surface area contributed by atoms with Crippen LogP contribution in [0.3, 0.4) is 0 Å². The topological polar surface area (TPSA) is 104 Å². The number of furan rings is 1. The third kappa shape index (κ3) is 3.89. The zero-order valence-corrected chi connectivity index (χ0v) is 14.9. The van der Waals surface area contributed by atoms with Gasteiger partial charge in [0.05, 0.1) is 24.1 Å². The monoisotopic (exact) mass is 402 g/mol. The lowest BCUT2D eigenvalue weighted by Gasteiger charge is -2.12. The van der Waals surface area contributed by atoms with Crippen LogP contribution in [-0.2, 0) is 12.7 Å². The van der Waals surface area contributed by atoms with E-state index in [-0.39, 0.29) is 23.4 Å². The number of azo groups is 1. The van der Waals surface area contributed by atoms with Crippen molar-refractivity contribution in [3.05, 3.63) is 75.5 Å². The number of hydrogen-bond donors (Lipinski definition) is 1. The first-order valence-electron chi connectivity index (χ1n) is 8.21. The maximum atomic E-state index is 13.1. The number of aromatic hydroxyl groups is 1. The van der Waals surface area contributed by atoms with Gasteiger partial charge >= 0.3 is 6.18 Å². The van der Waals surface area contributed by atoms with Crippen LogP contribution < -0.4 is 5.56 Å². The molecule has 0 atom stereocenters.